The largest absolute Gasteiger partial charge is 0.242 e. The van der Waals surface area contributed by atoms with Crippen LogP contribution in [0.5, 0.6) is 0 Å². The van der Waals surface area contributed by atoms with Gasteiger partial charge in [0.05, 0.1) is 0 Å². The predicted molar refractivity (Wildman–Crippen MR) is 55.7 cm³/mol. The second-order valence-electron chi connectivity index (χ2n) is 2.16. The van der Waals surface area contributed by atoms with Gasteiger partial charge in [-0.2, -0.15) is 0 Å². The zero-order valence-corrected chi connectivity index (χ0v) is 9.30. The van der Waals surface area contributed by atoms with Gasteiger partial charge in [-0.05, 0) is 40.3 Å². The summed E-state index contributed by atoms with van der Waals surface area (Å²) in [4.78, 5) is 3.81. The lowest BCUT2D eigenvalue weighted by Gasteiger charge is -1.94. The molecule has 0 unspecified atom stereocenters. The third-order valence-electron chi connectivity index (χ3n) is 1.36. The molecule has 62 valence electrons. The highest BCUT2D eigenvalue weighted by Crippen LogP contribution is 2.19. The van der Waals surface area contributed by atoms with E-state index >= 15 is 0 Å². The summed E-state index contributed by atoms with van der Waals surface area (Å²) >= 11 is 13.6. The molecule has 0 bridgehead atoms. The summed E-state index contributed by atoms with van der Waals surface area (Å²) in [6, 6.07) is 1.89. The number of hydrogen-bond donors (Lipinski definition) is 0. The molecule has 0 N–H and O–H groups in total. The number of rotatable bonds is 0. The Morgan fingerprint density at radius 3 is 2.92 bits per heavy atom. The first-order valence-electron chi connectivity index (χ1n) is 3.04. The molecule has 2 rings (SSSR count). The van der Waals surface area contributed by atoms with Gasteiger partial charge in [0.15, 0.2) is 5.15 Å². The van der Waals surface area contributed by atoms with Gasteiger partial charge in [0.25, 0.3) is 0 Å². The highest BCUT2D eigenvalue weighted by atomic mass is 127. The molecular weight excluding hydrogens is 312 g/mol. The second kappa shape index (κ2) is 3.01. The van der Waals surface area contributed by atoms with Crippen molar-refractivity contribution < 1.29 is 0 Å². The molecule has 12 heavy (non-hydrogen) atoms. The number of halogens is 3. The smallest absolute Gasteiger partial charge is 0.234 e. The summed E-state index contributed by atoms with van der Waals surface area (Å²) in [7, 11) is 0. The number of aromatic nitrogens is 3. The molecule has 0 aliphatic heterocycles. The molecule has 0 saturated carbocycles. The van der Waals surface area contributed by atoms with Crippen molar-refractivity contribution in [1.29, 1.82) is 0 Å². The summed E-state index contributed by atoms with van der Waals surface area (Å²) in [6.07, 6.45) is 1.83. The van der Waals surface area contributed by atoms with Crippen molar-refractivity contribution >= 4 is 51.3 Å². The Kier molecular flexibility index (Phi) is 2.14. The molecule has 2 aromatic rings. The second-order valence-corrected chi connectivity index (χ2v) is 4.10. The number of nitrogens with zero attached hydrogens (tertiary/aromatic N) is 3. The Labute approximate surface area is 91.8 Å². The van der Waals surface area contributed by atoms with Crippen LogP contribution in [-0.2, 0) is 0 Å². The zero-order valence-electron chi connectivity index (χ0n) is 5.63. The molecule has 3 nitrogen and oxygen atoms in total. The lowest BCUT2D eigenvalue weighted by Crippen LogP contribution is -1.93. The maximum Gasteiger partial charge on any atom is 0.242 e. The fourth-order valence-electron chi connectivity index (χ4n) is 0.907. The van der Waals surface area contributed by atoms with Crippen LogP contribution in [0.25, 0.3) is 5.52 Å². The van der Waals surface area contributed by atoms with E-state index in [4.69, 9.17) is 23.2 Å². The average Bonchev–Trinajstić information content (AvgIpc) is 2.29. The fourth-order valence-corrected chi connectivity index (χ4v) is 1.90. The van der Waals surface area contributed by atoms with E-state index in [-0.39, 0.29) is 5.28 Å². The summed E-state index contributed by atoms with van der Waals surface area (Å²) in [5, 5.41) is 4.46. The topological polar surface area (TPSA) is 30.2 Å². The molecule has 2 aromatic heterocycles. The summed E-state index contributed by atoms with van der Waals surface area (Å²) in [6.45, 7) is 0. The van der Waals surface area contributed by atoms with E-state index in [0.29, 0.717) is 5.15 Å². The highest BCUT2D eigenvalue weighted by Gasteiger charge is 2.05. The minimum Gasteiger partial charge on any atom is -0.234 e. The molecule has 0 aliphatic carbocycles. The first-order chi connectivity index (χ1) is 5.66. The number of fused-ring (bicyclic) bond motifs is 1. The normalized spacial score (nSPS) is 10.9. The van der Waals surface area contributed by atoms with Gasteiger partial charge in [0, 0.05) is 9.77 Å². The molecule has 0 atom stereocenters. The van der Waals surface area contributed by atoms with Crippen molar-refractivity contribution in [2.45, 2.75) is 0 Å². The van der Waals surface area contributed by atoms with Crippen molar-refractivity contribution in [3.63, 3.8) is 0 Å². The Morgan fingerprint density at radius 1 is 1.42 bits per heavy atom. The molecule has 6 heteroatoms. The van der Waals surface area contributed by atoms with Crippen molar-refractivity contribution in [1.82, 2.24) is 14.6 Å². The van der Waals surface area contributed by atoms with Crippen LogP contribution in [0.2, 0.25) is 10.4 Å². The van der Waals surface area contributed by atoms with Crippen LogP contribution in [0.4, 0.5) is 0 Å². The van der Waals surface area contributed by atoms with E-state index in [2.05, 4.69) is 32.7 Å². The van der Waals surface area contributed by atoms with Gasteiger partial charge in [-0.1, -0.05) is 11.6 Å². The monoisotopic (exact) mass is 313 g/mol. The van der Waals surface area contributed by atoms with Crippen LogP contribution in [0.1, 0.15) is 0 Å². The average molecular weight is 314 g/mol. The Morgan fingerprint density at radius 2 is 2.17 bits per heavy atom. The van der Waals surface area contributed by atoms with Gasteiger partial charge in [0.2, 0.25) is 5.28 Å². The van der Waals surface area contributed by atoms with Crippen LogP contribution in [0.15, 0.2) is 12.3 Å². The van der Waals surface area contributed by atoms with Gasteiger partial charge in [0.1, 0.15) is 5.52 Å². The van der Waals surface area contributed by atoms with Gasteiger partial charge >= 0.3 is 0 Å². The van der Waals surface area contributed by atoms with E-state index in [0.717, 1.165) is 9.09 Å². The fraction of sp³-hybridized carbons (Fsp3) is 0. The predicted octanol–water partition coefficient (Wildman–Crippen LogP) is 2.64. The Hall–Kier alpha value is -0.0700. The molecule has 0 fully saturated rings. The zero-order chi connectivity index (χ0) is 8.72. The molecule has 0 aromatic carbocycles. The molecule has 0 aliphatic rings. The standard InChI is InChI=1S/C6H2Cl2IN3/c7-5-4-1-3(9)2-12(4)11-6(8)10-5/h1-2H. The van der Waals surface area contributed by atoms with E-state index in [9.17, 15) is 0 Å². The van der Waals surface area contributed by atoms with Crippen LogP contribution in [0.3, 0.4) is 0 Å². The van der Waals surface area contributed by atoms with E-state index in [1.807, 2.05) is 12.3 Å². The quantitative estimate of drug-likeness (QED) is 0.700. The van der Waals surface area contributed by atoms with Gasteiger partial charge in [-0.15, -0.1) is 5.10 Å². The maximum absolute atomic E-state index is 5.82. The molecule has 0 spiro atoms. The first-order valence-corrected chi connectivity index (χ1v) is 4.87. The third-order valence-corrected chi connectivity index (χ3v) is 2.39. The van der Waals surface area contributed by atoms with Gasteiger partial charge in [-0.3, -0.25) is 0 Å². The molecule has 0 saturated heterocycles. The van der Waals surface area contributed by atoms with Crippen LogP contribution in [0, 0.1) is 3.57 Å². The molecule has 0 amide bonds. The van der Waals surface area contributed by atoms with E-state index in [1.54, 1.807) is 4.52 Å². The maximum atomic E-state index is 5.82. The summed E-state index contributed by atoms with van der Waals surface area (Å²) in [5.74, 6) is 0. The van der Waals surface area contributed by atoms with E-state index < -0.39 is 0 Å². The van der Waals surface area contributed by atoms with Crippen molar-refractivity contribution in [3.05, 3.63) is 26.3 Å². The minimum absolute atomic E-state index is 0.152. The minimum atomic E-state index is 0.152. The highest BCUT2D eigenvalue weighted by molar-refractivity contribution is 14.1. The van der Waals surface area contributed by atoms with E-state index in [1.165, 1.54) is 0 Å². The van der Waals surface area contributed by atoms with Crippen LogP contribution in [-0.4, -0.2) is 14.6 Å². The third kappa shape index (κ3) is 1.38. The van der Waals surface area contributed by atoms with Crippen molar-refractivity contribution in [2.75, 3.05) is 0 Å². The van der Waals surface area contributed by atoms with Crippen molar-refractivity contribution in [3.8, 4) is 0 Å². The van der Waals surface area contributed by atoms with Crippen LogP contribution >= 0.6 is 45.8 Å². The SMILES string of the molecule is Clc1nc(Cl)c2cc(I)cn2n1. The molecule has 0 radical (unpaired) electrons. The lowest BCUT2D eigenvalue weighted by atomic mass is 10.5. The summed E-state index contributed by atoms with van der Waals surface area (Å²) in [5.41, 5.74) is 0.769. The Balaban J connectivity index is 2.88. The molecular formula is C6H2Cl2IN3. The van der Waals surface area contributed by atoms with Gasteiger partial charge < -0.3 is 0 Å². The Bertz CT molecular complexity index is 440. The lowest BCUT2D eigenvalue weighted by molar-refractivity contribution is 0.903. The first kappa shape index (κ1) is 8.52. The molecule has 2 heterocycles. The summed E-state index contributed by atoms with van der Waals surface area (Å²) < 4.78 is 2.66. The van der Waals surface area contributed by atoms with Crippen LogP contribution < -0.4 is 0 Å². The van der Waals surface area contributed by atoms with Gasteiger partial charge in [-0.25, -0.2) is 9.50 Å². The number of hydrogen-bond acceptors (Lipinski definition) is 2. The van der Waals surface area contributed by atoms with Crippen molar-refractivity contribution in [2.24, 2.45) is 0 Å².